The molecule has 3 aliphatic rings. The number of imide groups is 1. The molecule has 17 nitrogen and oxygen atoms in total. The molecule has 2 aromatic rings. The van der Waals surface area contributed by atoms with Crippen LogP contribution in [0.15, 0.2) is 42.9 Å². The van der Waals surface area contributed by atoms with Gasteiger partial charge in [0.1, 0.15) is 17.7 Å². The van der Waals surface area contributed by atoms with Crippen LogP contribution in [0.1, 0.15) is 103 Å². The number of hydrogen-bond acceptors (Lipinski definition) is 10. The summed E-state index contributed by atoms with van der Waals surface area (Å²) in [5, 5.41) is 23.8. The van der Waals surface area contributed by atoms with Crippen molar-refractivity contribution in [2.45, 2.75) is 140 Å². The van der Waals surface area contributed by atoms with Crippen LogP contribution in [-0.4, -0.2) is 116 Å². The fourth-order valence-electron chi connectivity index (χ4n) is 7.64. The van der Waals surface area contributed by atoms with E-state index in [2.05, 4.69) is 31.2 Å². The minimum Gasteiger partial charge on any atom is -0.444 e. The fourth-order valence-corrected chi connectivity index (χ4v) is 7.64. The third-order valence-corrected chi connectivity index (χ3v) is 10.7. The number of nitrogens with zero attached hydrogens (tertiary/aromatic N) is 3. The Hall–Kier alpha value is -5.03. The fraction of sp³-hybridized carbons (Fsp3) is 0.634. The summed E-state index contributed by atoms with van der Waals surface area (Å²) in [5.74, 6) is -1.71. The van der Waals surface area contributed by atoms with E-state index in [4.69, 9.17) is 9.57 Å². The monoisotopic (exact) mass is 808 g/mol. The first-order valence-corrected chi connectivity index (χ1v) is 20.6. The number of ether oxygens (including phenoxy) is 1. The molecule has 0 spiro atoms. The number of alkyl carbamates (subject to hydrolysis) is 1. The molecule has 1 aromatic carbocycles. The Labute approximate surface area is 339 Å². The molecule has 1 saturated carbocycles. The van der Waals surface area contributed by atoms with Gasteiger partial charge in [0.05, 0.1) is 30.8 Å². The lowest BCUT2D eigenvalue weighted by Gasteiger charge is -2.34. The Morgan fingerprint density at radius 3 is 2.19 bits per heavy atom. The maximum Gasteiger partial charge on any atom is 0.407 e. The molecule has 17 heteroatoms. The maximum atomic E-state index is 14.2. The lowest BCUT2D eigenvalue weighted by molar-refractivity contribution is -0.189. The molecule has 5 rings (SSSR count). The number of benzene rings is 1. The van der Waals surface area contributed by atoms with Gasteiger partial charge in [0.15, 0.2) is 0 Å². The van der Waals surface area contributed by atoms with Gasteiger partial charge in [0.25, 0.3) is 11.8 Å². The second-order valence-corrected chi connectivity index (χ2v) is 16.6. The number of H-pyrrole nitrogens is 1. The standard InChI is InChI=1S/C41H60N8O9/c1-41(2,3)58-40(56)44-29-16-19-48(20-17-29)39(55)47-32(23-28-12-8-5-9-13-28)37(53)46-33(24-30-25-42-26-43-30)38(54)45-31(22-27-10-6-4-7-11-27)34(50)18-21-57-49-35(51)14-15-36(49)52/h5,8-9,12-13,25-27,29,31-34,50H,4,6-7,10-11,14-24H2,1-3H3,(H,42,43)(H,44,56)(H,45,54)(H,46,53)(H,47,55)/t31-,32-,33-,34-/m0/s1. The second-order valence-electron chi connectivity index (χ2n) is 16.6. The summed E-state index contributed by atoms with van der Waals surface area (Å²) >= 11 is 0. The van der Waals surface area contributed by atoms with Gasteiger partial charge in [0, 0.05) is 57.4 Å². The van der Waals surface area contributed by atoms with Gasteiger partial charge in [-0.15, -0.1) is 0 Å². The zero-order valence-corrected chi connectivity index (χ0v) is 33.9. The number of amides is 7. The number of aliphatic hydroxyl groups is 1. The number of piperidine rings is 1. The largest absolute Gasteiger partial charge is 0.444 e. The van der Waals surface area contributed by atoms with Gasteiger partial charge >= 0.3 is 12.1 Å². The van der Waals surface area contributed by atoms with Gasteiger partial charge in [-0.25, -0.2) is 14.6 Å². The number of hydroxylamine groups is 2. The van der Waals surface area contributed by atoms with Gasteiger partial charge < -0.3 is 41.0 Å². The first kappa shape index (κ1) is 44.1. The molecular weight excluding hydrogens is 748 g/mol. The first-order valence-electron chi connectivity index (χ1n) is 20.6. The Balaban J connectivity index is 1.26. The number of rotatable bonds is 17. The molecule has 1 aliphatic carbocycles. The molecule has 3 heterocycles. The van der Waals surface area contributed by atoms with Gasteiger partial charge in [-0.1, -0.05) is 62.4 Å². The van der Waals surface area contributed by atoms with Gasteiger partial charge in [-0.3, -0.25) is 24.0 Å². The molecule has 4 atom stereocenters. The zero-order chi connectivity index (χ0) is 41.7. The zero-order valence-electron chi connectivity index (χ0n) is 33.9. The number of aromatic amines is 1. The van der Waals surface area contributed by atoms with Crippen molar-refractivity contribution in [2.24, 2.45) is 5.92 Å². The number of aliphatic hydroxyl groups excluding tert-OH is 1. The number of urea groups is 1. The van der Waals surface area contributed by atoms with E-state index >= 15 is 0 Å². The van der Waals surface area contributed by atoms with Crippen LogP contribution in [0.3, 0.4) is 0 Å². The maximum absolute atomic E-state index is 14.2. The van der Waals surface area contributed by atoms with Crippen molar-refractivity contribution in [3.63, 3.8) is 0 Å². The smallest absolute Gasteiger partial charge is 0.407 e. The molecular formula is C41H60N8O9. The highest BCUT2D eigenvalue weighted by Crippen LogP contribution is 2.29. The van der Waals surface area contributed by atoms with Crippen molar-refractivity contribution >= 4 is 35.8 Å². The van der Waals surface area contributed by atoms with E-state index in [9.17, 15) is 33.9 Å². The summed E-state index contributed by atoms with van der Waals surface area (Å²) in [5.41, 5.74) is 0.681. The van der Waals surface area contributed by atoms with E-state index in [1.54, 1.807) is 31.9 Å². The molecule has 0 radical (unpaired) electrons. The number of carbonyl (C=O) groups excluding carboxylic acids is 6. The molecule has 7 amide bonds. The quantitative estimate of drug-likeness (QED) is 0.128. The lowest BCUT2D eigenvalue weighted by Crippen LogP contribution is -2.59. The summed E-state index contributed by atoms with van der Waals surface area (Å²) in [6.45, 7) is 5.95. The van der Waals surface area contributed by atoms with Crippen molar-refractivity contribution in [2.75, 3.05) is 19.7 Å². The van der Waals surface area contributed by atoms with Crippen molar-refractivity contribution < 1.29 is 43.4 Å². The van der Waals surface area contributed by atoms with Gasteiger partial charge in [-0.2, -0.15) is 5.06 Å². The van der Waals surface area contributed by atoms with E-state index in [-0.39, 0.29) is 50.7 Å². The van der Waals surface area contributed by atoms with Gasteiger partial charge in [-0.05, 0) is 51.5 Å². The Kier molecular flexibility index (Phi) is 16.0. The average Bonchev–Trinajstić information content (AvgIpc) is 3.82. The predicted molar refractivity (Wildman–Crippen MR) is 211 cm³/mol. The number of hydrogen-bond donors (Lipinski definition) is 6. The summed E-state index contributed by atoms with van der Waals surface area (Å²) in [6.07, 6.45) is 8.54. The van der Waals surface area contributed by atoms with Crippen LogP contribution in [0, 0.1) is 5.92 Å². The van der Waals surface area contributed by atoms with E-state index in [1.165, 1.54) is 6.33 Å². The van der Waals surface area contributed by atoms with E-state index in [0.717, 1.165) is 42.7 Å². The van der Waals surface area contributed by atoms with Crippen LogP contribution in [0.25, 0.3) is 0 Å². The third-order valence-electron chi connectivity index (χ3n) is 10.7. The highest BCUT2D eigenvalue weighted by atomic mass is 16.7. The molecule has 3 fully saturated rings. The summed E-state index contributed by atoms with van der Waals surface area (Å²) in [4.78, 5) is 92.7. The molecule has 2 aliphatic heterocycles. The molecule has 318 valence electrons. The number of carbonyl (C=O) groups is 6. The summed E-state index contributed by atoms with van der Waals surface area (Å²) in [6, 6.07) is 5.72. The molecule has 6 N–H and O–H groups in total. The second kappa shape index (κ2) is 21.1. The van der Waals surface area contributed by atoms with Crippen molar-refractivity contribution in [1.82, 2.24) is 41.2 Å². The molecule has 0 bridgehead atoms. The highest BCUT2D eigenvalue weighted by Gasteiger charge is 2.35. The van der Waals surface area contributed by atoms with Crippen LogP contribution < -0.4 is 21.3 Å². The van der Waals surface area contributed by atoms with Crippen LogP contribution in [0.2, 0.25) is 0 Å². The van der Waals surface area contributed by atoms with Crippen molar-refractivity contribution in [1.29, 1.82) is 0 Å². The highest BCUT2D eigenvalue weighted by molar-refractivity contribution is 6.00. The number of nitrogens with one attached hydrogen (secondary N) is 5. The normalized spacial score (nSPS) is 18.9. The lowest BCUT2D eigenvalue weighted by atomic mass is 9.83. The Morgan fingerprint density at radius 1 is 0.897 bits per heavy atom. The van der Waals surface area contributed by atoms with E-state index < -0.39 is 65.6 Å². The summed E-state index contributed by atoms with van der Waals surface area (Å²) < 4.78 is 5.38. The average molecular weight is 809 g/mol. The Morgan fingerprint density at radius 2 is 1.55 bits per heavy atom. The Bertz CT molecular complexity index is 1660. The predicted octanol–water partition coefficient (Wildman–Crippen LogP) is 3.03. The molecule has 58 heavy (non-hydrogen) atoms. The van der Waals surface area contributed by atoms with Crippen molar-refractivity contribution in [3.8, 4) is 0 Å². The summed E-state index contributed by atoms with van der Waals surface area (Å²) in [7, 11) is 0. The van der Waals surface area contributed by atoms with E-state index in [0.29, 0.717) is 38.0 Å². The van der Waals surface area contributed by atoms with Crippen molar-refractivity contribution in [3.05, 3.63) is 54.1 Å². The van der Waals surface area contributed by atoms with E-state index in [1.807, 2.05) is 30.3 Å². The first-order chi connectivity index (χ1) is 27.7. The van der Waals surface area contributed by atoms with Gasteiger partial charge in [0.2, 0.25) is 11.8 Å². The molecule has 2 saturated heterocycles. The number of aromatic nitrogens is 2. The third kappa shape index (κ3) is 13.8. The van der Waals surface area contributed by atoms with Crippen LogP contribution in [0.5, 0.6) is 0 Å². The molecule has 1 aromatic heterocycles. The number of likely N-dealkylation sites (tertiary alicyclic amines) is 1. The minimum atomic E-state index is -1.13. The van der Waals surface area contributed by atoms with Crippen LogP contribution in [0.4, 0.5) is 9.59 Å². The minimum absolute atomic E-state index is 0.0276. The number of imidazole rings is 1. The van der Waals surface area contributed by atoms with Crippen LogP contribution >= 0.6 is 0 Å². The SMILES string of the molecule is CC(C)(C)OC(=O)NC1CCN(C(=O)N[C@@H](Cc2ccccc2)C(=O)N[C@@H](Cc2c[nH]cn2)C(=O)N[C@@H](CC2CCCCC2)[C@@H](O)CCON2C(=O)CCC2=O)CC1. The van der Waals surface area contributed by atoms with Crippen LogP contribution in [-0.2, 0) is 41.6 Å². The topological polar surface area (TPSA) is 224 Å². The molecule has 0 unspecified atom stereocenters.